The molecule has 3 rings (SSSR count). The molecule has 0 aliphatic heterocycles. The SMILES string of the molecule is COC(=O)c1c(NC(=O)CCCOc2ccc(Cl)cc2)sc(C)c1-c1ccc(Br)cc1. The highest BCUT2D eigenvalue weighted by Crippen LogP contribution is 2.40. The molecule has 0 unspecified atom stereocenters. The lowest BCUT2D eigenvalue weighted by Gasteiger charge is -2.09. The molecule has 0 aliphatic rings. The number of carbonyl (C=O) groups is 2. The molecule has 0 atom stereocenters. The van der Waals surface area contributed by atoms with Gasteiger partial charge in [-0.2, -0.15) is 0 Å². The van der Waals surface area contributed by atoms with Gasteiger partial charge in [-0.05, 0) is 55.3 Å². The van der Waals surface area contributed by atoms with Crippen LogP contribution in [-0.2, 0) is 9.53 Å². The van der Waals surface area contributed by atoms with E-state index in [2.05, 4.69) is 21.2 Å². The highest BCUT2D eigenvalue weighted by atomic mass is 79.9. The van der Waals surface area contributed by atoms with Gasteiger partial charge >= 0.3 is 5.97 Å². The van der Waals surface area contributed by atoms with Gasteiger partial charge in [0.2, 0.25) is 5.91 Å². The molecular formula is C23H21BrClNO4S. The predicted octanol–water partition coefficient (Wildman–Crippen LogP) is 6.72. The van der Waals surface area contributed by atoms with Crippen molar-refractivity contribution in [2.45, 2.75) is 19.8 Å². The number of ether oxygens (including phenoxy) is 2. The van der Waals surface area contributed by atoms with Crippen LogP contribution in [0.15, 0.2) is 53.0 Å². The summed E-state index contributed by atoms with van der Waals surface area (Å²) >= 11 is 10.6. The van der Waals surface area contributed by atoms with Crippen molar-refractivity contribution < 1.29 is 19.1 Å². The van der Waals surface area contributed by atoms with E-state index in [1.807, 2.05) is 31.2 Å². The van der Waals surface area contributed by atoms with Crippen LogP contribution in [0.25, 0.3) is 11.1 Å². The molecule has 8 heteroatoms. The average Bonchev–Trinajstić information content (AvgIpc) is 3.08. The van der Waals surface area contributed by atoms with Gasteiger partial charge in [-0.3, -0.25) is 4.79 Å². The van der Waals surface area contributed by atoms with Gasteiger partial charge < -0.3 is 14.8 Å². The van der Waals surface area contributed by atoms with E-state index < -0.39 is 5.97 Å². The van der Waals surface area contributed by atoms with Gasteiger partial charge in [0.05, 0.1) is 13.7 Å². The third kappa shape index (κ3) is 6.09. The van der Waals surface area contributed by atoms with Crippen LogP contribution in [0.4, 0.5) is 5.00 Å². The average molecular weight is 523 g/mol. The summed E-state index contributed by atoms with van der Waals surface area (Å²) in [5.74, 6) is 0.0305. The van der Waals surface area contributed by atoms with Crippen LogP contribution in [0, 0.1) is 6.92 Å². The second-order valence-corrected chi connectivity index (χ2v) is 9.27. The fourth-order valence-corrected chi connectivity index (χ4v) is 4.51. The second-order valence-electron chi connectivity index (χ2n) is 6.69. The van der Waals surface area contributed by atoms with Crippen LogP contribution in [0.2, 0.25) is 5.02 Å². The molecule has 0 saturated carbocycles. The van der Waals surface area contributed by atoms with Gasteiger partial charge in [0.25, 0.3) is 0 Å². The van der Waals surface area contributed by atoms with Crippen LogP contribution < -0.4 is 10.1 Å². The number of halogens is 2. The van der Waals surface area contributed by atoms with Crippen LogP contribution in [0.5, 0.6) is 5.75 Å². The molecule has 1 aromatic heterocycles. The largest absolute Gasteiger partial charge is 0.494 e. The van der Waals surface area contributed by atoms with Crippen LogP contribution in [0.1, 0.15) is 28.1 Å². The van der Waals surface area contributed by atoms with Crippen LogP contribution in [-0.4, -0.2) is 25.6 Å². The summed E-state index contributed by atoms with van der Waals surface area (Å²) in [5.41, 5.74) is 2.03. The molecule has 0 aliphatic carbocycles. The first-order valence-electron chi connectivity index (χ1n) is 9.55. The number of aryl methyl sites for hydroxylation is 1. The molecule has 1 heterocycles. The fourth-order valence-electron chi connectivity index (χ4n) is 3.04. The lowest BCUT2D eigenvalue weighted by atomic mass is 10.0. The Bertz CT molecular complexity index is 1060. The quantitative estimate of drug-likeness (QED) is 0.263. The summed E-state index contributed by atoms with van der Waals surface area (Å²) in [6.45, 7) is 2.32. The molecule has 2 aromatic carbocycles. The summed E-state index contributed by atoms with van der Waals surface area (Å²) in [6.07, 6.45) is 0.796. The smallest absolute Gasteiger partial charge is 0.341 e. The number of methoxy groups -OCH3 is 1. The van der Waals surface area contributed by atoms with Crippen LogP contribution >= 0.6 is 38.9 Å². The fraction of sp³-hybridized carbons (Fsp3) is 0.217. The molecule has 0 bridgehead atoms. The van der Waals surface area contributed by atoms with Gasteiger partial charge in [0.15, 0.2) is 0 Å². The van der Waals surface area contributed by atoms with Gasteiger partial charge in [-0.15, -0.1) is 11.3 Å². The van der Waals surface area contributed by atoms with Crippen molar-refractivity contribution in [3.63, 3.8) is 0 Å². The summed E-state index contributed by atoms with van der Waals surface area (Å²) in [5, 5.41) is 4.00. The lowest BCUT2D eigenvalue weighted by Crippen LogP contribution is -2.14. The maximum Gasteiger partial charge on any atom is 0.341 e. The van der Waals surface area contributed by atoms with E-state index in [1.165, 1.54) is 18.4 Å². The molecule has 0 saturated heterocycles. The molecule has 31 heavy (non-hydrogen) atoms. The van der Waals surface area contributed by atoms with Crippen molar-refractivity contribution in [2.24, 2.45) is 0 Å². The lowest BCUT2D eigenvalue weighted by molar-refractivity contribution is -0.116. The second kappa shape index (κ2) is 10.8. The van der Waals surface area contributed by atoms with E-state index in [0.717, 1.165) is 20.5 Å². The summed E-state index contributed by atoms with van der Waals surface area (Å²) in [7, 11) is 1.33. The molecule has 3 aromatic rings. The molecule has 0 spiro atoms. The van der Waals surface area contributed by atoms with Crippen molar-refractivity contribution in [1.82, 2.24) is 0 Å². The number of benzene rings is 2. The monoisotopic (exact) mass is 521 g/mol. The van der Waals surface area contributed by atoms with Gasteiger partial charge in [0, 0.05) is 26.4 Å². The van der Waals surface area contributed by atoms with E-state index in [-0.39, 0.29) is 12.3 Å². The highest BCUT2D eigenvalue weighted by molar-refractivity contribution is 9.10. The Morgan fingerprint density at radius 1 is 1.10 bits per heavy atom. The van der Waals surface area contributed by atoms with Gasteiger partial charge in [-0.25, -0.2) is 4.79 Å². The number of carbonyl (C=O) groups excluding carboxylic acids is 2. The van der Waals surface area contributed by atoms with E-state index in [1.54, 1.807) is 24.3 Å². The molecule has 5 nitrogen and oxygen atoms in total. The van der Waals surface area contributed by atoms with Crippen molar-refractivity contribution >= 4 is 55.7 Å². The summed E-state index contributed by atoms with van der Waals surface area (Å²) in [6, 6.07) is 14.7. The number of hydrogen-bond acceptors (Lipinski definition) is 5. The molecule has 0 radical (unpaired) electrons. The van der Waals surface area contributed by atoms with Crippen LogP contribution in [0.3, 0.4) is 0 Å². The van der Waals surface area contributed by atoms with Gasteiger partial charge in [-0.1, -0.05) is 39.7 Å². The maximum absolute atomic E-state index is 12.5. The van der Waals surface area contributed by atoms with E-state index in [0.29, 0.717) is 34.4 Å². The number of rotatable bonds is 8. The minimum Gasteiger partial charge on any atom is -0.494 e. The zero-order valence-corrected chi connectivity index (χ0v) is 20.2. The number of hydrogen-bond donors (Lipinski definition) is 1. The Morgan fingerprint density at radius 2 is 1.77 bits per heavy atom. The number of nitrogens with one attached hydrogen (secondary N) is 1. The number of anilines is 1. The predicted molar refractivity (Wildman–Crippen MR) is 128 cm³/mol. The number of amides is 1. The van der Waals surface area contributed by atoms with E-state index in [4.69, 9.17) is 21.1 Å². The minimum atomic E-state index is -0.483. The standard InChI is InChI=1S/C23H21BrClNO4S/c1-14-20(15-5-7-16(24)8-6-15)21(23(28)29-2)22(31-14)26-19(27)4-3-13-30-18-11-9-17(25)10-12-18/h5-12H,3-4,13H2,1-2H3,(H,26,27). The minimum absolute atomic E-state index is 0.187. The first-order valence-corrected chi connectivity index (χ1v) is 11.5. The van der Waals surface area contributed by atoms with E-state index >= 15 is 0 Å². The van der Waals surface area contributed by atoms with Crippen molar-refractivity contribution in [3.8, 4) is 16.9 Å². The first-order chi connectivity index (χ1) is 14.9. The Hall–Kier alpha value is -2.35. The van der Waals surface area contributed by atoms with Gasteiger partial charge in [0.1, 0.15) is 16.3 Å². The number of thiophene rings is 1. The Balaban J connectivity index is 1.68. The molecule has 1 N–H and O–H groups in total. The Labute approximate surface area is 198 Å². The highest BCUT2D eigenvalue weighted by Gasteiger charge is 2.25. The maximum atomic E-state index is 12.5. The molecule has 0 fully saturated rings. The molecule has 162 valence electrons. The van der Waals surface area contributed by atoms with E-state index in [9.17, 15) is 9.59 Å². The topological polar surface area (TPSA) is 64.6 Å². The summed E-state index contributed by atoms with van der Waals surface area (Å²) in [4.78, 5) is 25.9. The number of esters is 1. The van der Waals surface area contributed by atoms with Crippen molar-refractivity contribution in [3.05, 3.63) is 68.5 Å². The third-order valence-electron chi connectivity index (χ3n) is 4.49. The first kappa shape index (κ1) is 23.3. The third-order valence-corrected chi connectivity index (χ3v) is 6.29. The summed E-state index contributed by atoms with van der Waals surface area (Å²) < 4.78 is 11.6. The zero-order valence-electron chi connectivity index (χ0n) is 17.0. The normalized spacial score (nSPS) is 10.6. The zero-order chi connectivity index (χ0) is 22.4. The molecular weight excluding hydrogens is 502 g/mol. The molecule has 1 amide bonds. The van der Waals surface area contributed by atoms with Crippen molar-refractivity contribution in [2.75, 3.05) is 19.0 Å². The van der Waals surface area contributed by atoms with Crippen molar-refractivity contribution in [1.29, 1.82) is 0 Å². The Morgan fingerprint density at radius 3 is 2.42 bits per heavy atom. The Kier molecular flexibility index (Phi) is 8.12.